The van der Waals surface area contributed by atoms with Gasteiger partial charge in [0.2, 0.25) is 0 Å². The summed E-state index contributed by atoms with van der Waals surface area (Å²) >= 11 is 3.47. The molecule has 100 valence electrons. The first-order valence-corrected chi connectivity index (χ1v) is 6.29. The van der Waals surface area contributed by atoms with Crippen molar-refractivity contribution in [2.24, 2.45) is 0 Å². The van der Waals surface area contributed by atoms with Gasteiger partial charge in [-0.05, 0) is 47.0 Å². The third-order valence-electron chi connectivity index (χ3n) is 2.92. The van der Waals surface area contributed by atoms with Crippen LogP contribution in [0.2, 0.25) is 0 Å². The highest BCUT2D eigenvalue weighted by Gasteiger charge is 2.19. The zero-order chi connectivity index (χ0) is 14.2. The fourth-order valence-electron chi connectivity index (χ4n) is 1.74. The molecule has 2 aromatic rings. The second-order valence-corrected chi connectivity index (χ2v) is 4.89. The van der Waals surface area contributed by atoms with Crippen LogP contribution in [0.25, 0.3) is 11.3 Å². The van der Waals surface area contributed by atoms with Crippen molar-refractivity contribution in [3.63, 3.8) is 0 Å². The SMILES string of the molecule is COc1c(-c2cc(C(=O)O)no2)cc(C)c(C)c1Br. The van der Waals surface area contributed by atoms with Crippen LogP contribution in [0.4, 0.5) is 0 Å². The van der Waals surface area contributed by atoms with Gasteiger partial charge in [0.05, 0.1) is 17.1 Å². The van der Waals surface area contributed by atoms with Crippen LogP contribution in [-0.4, -0.2) is 23.3 Å². The zero-order valence-corrected chi connectivity index (χ0v) is 12.2. The number of ether oxygens (including phenoxy) is 1. The van der Waals surface area contributed by atoms with E-state index in [1.807, 2.05) is 19.9 Å². The Bertz CT molecular complexity index is 648. The van der Waals surface area contributed by atoms with Crippen molar-refractivity contribution >= 4 is 21.9 Å². The van der Waals surface area contributed by atoms with Gasteiger partial charge in [-0.3, -0.25) is 0 Å². The van der Waals surface area contributed by atoms with Gasteiger partial charge in [-0.25, -0.2) is 4.79 Å². The maximum absolute atomic E-state index is 10.8. The Balaban J connectivity index is 2.63. The van der Waals surface area contributed by atoms with Crippen LogP contribution in [0.5, 0.6) is 5.75 Å². The average Bonchev–Trinajstić information content (AvgIpc) is 2.85. The number of aryl methyl sites for hydroxylation is 1. The Morgan fingerprint density at radius 2 is 2.11 bits per heavy atom. The zero-order valence-electron chi connectivity index (χ0n) is 10.7. The fourth-order valence-corrected chi connectivity index (χ4v) is 2.43. The number of hydrogen-bond donors (Lipinski definition) is 1. The van der Waals surface area contributed by atoms with Crippen LogP contribution >= 0.6 is 15.9 Å². The second-order valence-electron chi connectivity index (χ2n) is 4.09. The number of aromatic carboxylic acids is 1. The van der Waals surface area contributed by atoms with Crippen molar-refractivity contribution in [3.05, 3.63) is 33.4 Å². The highest BCUT2D eigenvalue weighted by molar-refractivity contribution is 9.10. The minimum Gasteiger partial charge on any atom is -0.495 e. The number of hydrogen-bond acceptors (Lipinski definition) is 4. The third-order valence-corrected chi connectivity index (χ3v) is 3.88. The van der Waals surface area contributed by atoms with Crippen molar-refractivity contribution < 1.29 is 19.2 Å². The molecular formula is C13H12BrNO4. The van der Waals surface area contributed by atoms with Crippen LogP contribution in [0.3, 0.4) is 0 Å². The Labute approximate surface area is 118 Å². The first-order valence-electron chi connectivity index (χ1n) is 5.49. The molecule has 0 atom stereocenters. The molecule has 0 saturated carbocycles. The number of aromatic nitrogens is 1. The van der Waals surface area contributed by atoms with Crippen LogP contribution in [0.15, 0.2) is 21.1 Å². The maximum atomic E-state index is 10.8. The molecule has 1 aromatic carbocycles. The normalized spacial score (nSPS) is 10.5. The molecule has 19 heavy (non-hydrogen) atoms. The molecule has 0 aliphatic rings. The number of carboxylic acids is 1. The quantitative estimate of drug-likeness (QED) is 0.935. The lowest BCUT2D eigenvalue weighted by molar-refractivity contribution is 0.0686. The molecule has 0 spiro atoms. The summed E-state index contributed by atoms with van der Waals surface area (Å²) in [6.45, 7) is 3.92. The van der Waals surface area contributed by atoms with E-state index in [-0.39, 0.29) is 5.69 Å². The number of nitrogens with zero attached hydrogens (tertiary/aromatic N) is 1. The second kappa shape index (κ2) is 5.05. The van der Waals surface area contributed by atoms with Gasteiger partial charge in [0.25, 0.3) is 0 Å². The molecule has 6 heteroatoms. The van der Waals surface area contributed by atoms with E-state index in [1.165, 1.54) is 6.07 Å². The van der Waals surface area contributed by atoms with Crippen LogP contribution in [-0.2, 0) is 0 Å². The van der Waals surface area contributed by atoms with Crippen molar-refractivity contribution in [1.29, 1.82) is 0 Å². The van der Waals surface area contributed by atoms with Gasteiger partial charge >= 0.3 is 5.97 Å². The highest BCUT2D eigenvalue weighted by atomic mass is 79.9. The lowest BCUT2D eigenvalue weighted by Gasteiger charge is -2.12. The van der Waals surface area contributed by atoms with Gasteiger partial charge in [-0.1, -0.05) is 5.16 Å². The summed E-state index contributed by atoms with van der Waals surface area (Å²) in [6.07, 6.45) is 0. The summed E-state index contributed by atoms with van der Waals surface area (Å²) in [5.74, 6) is -0.175. The Hall–Kier alpha value is -1.82. The van der Waals surface area contributed by atoms with Crippen molar-refractivity contribution in [1.82, 2.24) is 5.16 Å². The molecule has 0 saturated heterocycles. The van der Waals surface area contributed by atoms with Gasteiger partial charge in [-0.15, -0.1) is 0 Å². The number of benzene rings is 1. The number of rotatable bonds is 3. The molecule has 1 heterocycles. The van der Waals surface area contributed by atoms with E-state index in [9.17, 15) is 4.79 Å². The lowest BCUT2D eigenvalue weighted by Crippen LogP contribution is -1.95. The molecule has 1 aromatic heterocycles. The van der Waals surface area contributed by atoms with Gasteiger partial charge in [-0.2, -0.15) is 0 Å². The standard InChI is InChI=1S/C13H12BrNO4/c1-6-4-8(12(18-3)11(14)7(6)2)10-5-9(13(16)17)15-19-10/h4-5H,1-3H3,(H,16,17). The van der Waals surface area contributed by atoms with E-state index in [4.69, 9.17) is 14.4 Å². The smallest absolute Gasteiger partial charge is 0.358 e. The molecule has 2 rings (SSSR count). The molecule has 0 bridgehead atoms. The van der Waals surface area contributed by atoms with Crippen LogP contribution < -0.4 is 4.74 Å². The fraction of sp³-hybridized carbons (Fsp3) is 0.231. The van der Waals surface area contributed by atoms with Crippen molar-refractivity contribution in [3.8, 4) is 17.1 Å². The number of carbonyl (C=O) groups is 1. The summed E-state index contributed by atoms with van der Waals surface area (Å²) in [6, 6.07) is 3.26. The molecule has 0 unspecified atom stereocenters. The van der Waals surface area contributed by atoms with E-state index in [1.54, 1.807) is 7.11 Å². The third kappa shape index (κ3) is 2.35. The Morgan fingerprint density at radius 3 is 2.63 bits per heavy atom. The maximum Gasteiger partial charge on any atom is 0.358 e. The summed E-state index contributed by atoms with van der Waals surface area (Å²) < 4.78 is 11.2. The molecule has 0 aliphatic heterocycles. The molecule has 0 radical (unpaired) electrons. The van der Waals surface area contributed by atoms with Gasteiger partial charge < -0.3 is 14.4 Å². The topological polar surface area (TPSA) is 72.6 Å². The van der Waals surface area contributed by atoms with E-state index >= 15 is 0 Å². The van der Waals surface area contributed by atoms with Crippen LogP contribution in [0, 0.1) is 13.8 Å². The molecule has 1 N–H and O–H groups in total. The van der Waals surface area contributed by atoms with Gasteiger partial charge in [0, 0.05) is 6.07 Å². The predicted molar refractivity (Wildman–Crippen MR) is 72.6 cm³/mol. The molecular weight excluding hydrogens is 314 g/mol. The average molecular weight is 326 g/mol. The van der Waals surface area contributed by atoms with E-state index in [0.29, 0.717) is 17.1 Å². The summed E-state index contributed by atoms with van der Waals surface area (Å²) in [4.78, 5) is 10.8. The summed E-state index contributed by atoms with van der Waals surface area (Å²) in [5.41, 5.74) is 2.62. The summed E-state index contributed by atoms with van der Waals surface area (Å²) in [5, 5.41) is 12.4. The number of halogens is 1. The first kappa shape index (κ1) is 13.6. The van der Waals surface area contributed by atoms with E-state index < -0.39 is 5.97 Å². The monoisotopic (exact) mass is 325 g/mol. The van der Waals surface area contributed by atoms with E-state index in [2.05, 4.69) is 21.1 Å². The van der Waals surface area contributed by atoms with Crippen LogP contribution in [0.1, 0.15) is 21.6 Å². The first-order chi connectivity index (χ1) is 8.95. The minimum atomic E-state index is -1.13. The highest BCUT2D eigenvalue weighted by Crippen LogP contribution is 2.40. The molecule has 0 aliphatic carbocycles. The Morgan fingerprint density at radius 1 is 1.42 bits per heavy atom. The molecule has 0 fully saturated rings. The minimum absolute atomic E-state index is 0.133. The van der Waals surface area contributed by atoms with Gasteiger partial charge in [0.15, 0.2) is 11.5 Å². The van der Waals surface area contributed by atoms with Crippen molar-refractivity contribution in [2.45, 2.75) is 13.8 Å². The van der Waals surface area contributed by atoms with Gasteiger partial charge in [0.1, 0.15) is 5.75 Å². The van der Waals surface area contributed by atoms with Crippen molar-refractivity contribution in [2.75, 3.05) is 7.11 Å². The lowest BCUT2D eigenvalue weighted by atomic mass is 10.0. The summed E-state index contributed by atoms with van der Waals surface area (Å²) in [7, 11) is 1.55. The largest absolute Gasteiger partial charge is 0.495 e. The number of carboxylic acid groups (broad SMARTS) is 1. The predicted octanol–water partition coefficient (Wildman–Crippen LogP) is 3.43. The number of methoxy groups -OCH3 is 1. The molecule has 0 amide bonds. The van der Waals surface area contributed by atoms with E-state index in [0.717, 1.165) is 15.6 Å². The molecule has 5 nitrogen and oxygen atoms in total. The Kier molecular flexibility index (Phi) is 3.61.